The molecule has 33 heavy (non-hydrogen) atoms. The summed E-state index contributed by atoms with van der Waals surface area (Å²) >= 11 is 1.74. The largest absolute Gasteiger partial charge is 0.345 e. The molecule has 0 bridgehead atoms. The molecule has 4 aromatic rings. The SMILES string of the molecule is O=C(NC1CCCc2c1cnn2Cc1ccccc1)c1ccc(SCc2cccnc2)cc1. The van der Waals surface area contributed by atoms with Crippen molar-refractivity contribution in [2.45, 2.75) is 42.5 Å². The molecule has 2 heterocycles. The van der Waals surface area contributed by atoms with E-state index in [4.69, 9.17) is 0 Å². The lowest BCUT2D eigenvalue weighted by molar-refractivity contribution is 0.0932. The summed E-state index contributed by atoms with van der Waals surface area (Å²) in [5.74, 6) is 0.824. The van der Waals surface area contributed by atoms with Gasteiger partial charge in [0.25, 0.3) is 5.91 Å². The van der Waals surface area contributed by atoms with Crippen LogP contribution in [0.2, 0.25) is 0 Å². The molecule has 0 radical (unpaired) electrons. The van der Waals surface area contributed by atoms with Gasteiger partial charge in [-0.3, -0.25) is 14.5 Å². The Morgan fingerprint density at radius 3 is 2.61 bits per heavy atom. The van der Waals surface area contributed by atoms with Gasteiger partial charge in [-0.15, -0.1) is 11.8 Å². The molecule has 1 amide bonds. The zero-order chi connectivity index (χ0) is 22.5. The minimum absolute atomic E-state index is 0.00501. The van der Waals surface area contributed by atoms with Gasteiger partial charge in [-0.1, -0.05) is 36.4 Å². The number of carbonyl (C=O) groups excluding carboxylic acids is 1. The van der Waals surface area contributed by atoms with Crippen LogP contribution in [-0.2, 0) is 18.7 Å². The van der Waals surface area contributed by atoms with E-state index in [1.54, 1.807) is 18.0 Å². The summed E-state index contributed by atoms with van der Waals surface area (Å²) in [6.07, 6.45) is 8.58. The number of aromatic nitrogens is 3. The lowest BCUT2D eigenvalue weighted by Crippen LogP contribution is -2.31. The fourth-order valence-corrected chi connectivity index (χ4v) is 5.09. The van der Waals surface area contributed by atoms with Crippen LogP contribution in [0.5, 0.6) is 0 Å². The zero-order valence-electron chi connectivity index (χ0n) is 18.4. The Balaban J connectivity index is 1.22. The third-order valence-electron chi connectivity index (χ3n) is 5.99. The Morgan fingerprint density at radius 2 is 1.82 bits per heavy atom. The molecule has 0 fully saturated rings. The van der Waals surface area contributed by atoms with Gasteiger partial charge in [0.2, 0.25) is 0 Å². The Labute approximate surface area is 198 Å². The summed E-state index contributed by atoms with van der Waals surface area (Å²) in [5, 5.41) is 7.88. The third-order valence-corrected chi connectivity index (χ3v) is 7.07. The van der Waals surface area contributed by atoms with Gasteiger partial charge in [0.15, 0.2) is 0 Å². The predicted octanol–water partition coefficient (Wildman–Crippen LogP) is 5.43. The topological polar surface area (TPSA) is 59.8 Å². The summed E-state index contributed by atoms with van der Waals surface area (Å²) in [4.78, 5) is 18.3. The van der Waals surface area contributed by atoms with Crippen LogP contribution in [0.1, 0.15) is 51.6 Å². The van der Waals surface area contributed by atoms with Crippen LogP contribution in [0.15, 0.2) is 90.2 Å². The maximum atomic E-state index is 13.0. The molecule has 166 valence electrons. The van der Waals surface area contributed by atoms with Gasteiger partial charge < -0.3 is 5.32 Å². The number of fused-ring (bicyclic) bond motifs is 1. The summed E-state index contributed by atoms with van der Waals surface area (Å²) in [6, 6.07) is 22.2. The summed E-state index contributed by atoms with van der Waals surface area (Å²) in [5.41, 5.74) is 5.48. The van der Waals surface area contributed by atoms with Gasteiger partial charge in [-0.2, -0.15) is 5.10 Å². The number of pyridine rings is 1. The van der Waals surface area contributed by atoms with Gasteiger partial charge in [0.1, 0.15) is 0 Å². The van der Waals surface area contributed by atoms with E-state index < -0.39 is 0 Å². The number of benzene rings is 2. The molecule has 5 nitrogen and oxygen atoms in total. The monoisotopic (exact) mass is 454 g/mol. The van der Waals surface area contributed by atoms with E-state index in [1.807, 2.05) is 48.8 Å². The van der Waals surface area contributed by atoms with E-state index in [-0.39, 0.29) is 11.9 Å². The Bertz CT molecular complexity index is 1210. The normalized spacial score (nSPS) is 15.1. The second-order valence-corrected chi connectivity index (χ2v) is 9.33. The molecule has 2 aromatic heterocycles. The van der Waals surface area contributed by atoms with Crippen LogP contribution in [0.3, 0.4) is 0 Å². The van der Waals surface area contributed by atoms with Crippen LogP contribution < -0.4 is 5.32 Å². The molecule has 5 rings (SSSR count). The highest BCUT2D eigenvalue weighted by Crippen LogP contribution is 2.30. The van der Waals surface area contributed by atoms with Crippen LogP contribution in [0.4, 0.5) is 0 Å². The average molecular weight is 455 g/mol. The van der Waals surface area contributed by atoms with E-state index >= 15 is 0 Å². The number of nitrogens with zero attached hydrogens (tertiary/aromatic N) is 3. The first kappa shape index (κ1) is 21.5. The van der Waals surface area contributed by atoms with Gasteiger partial charge in [-0.05, 0) is 60.7 Å². The summed E-state index contributed by atoms with van der Waals surface area (Å²) in [7, 11) is 0. The van der Waals surface area contributed by atoms with Gasteiger partial charge in [0.05, 0.1) is 18.8 Å². The van der Waals surface area contributed by atoms with Crippen molar-refractivity contribution in [3.8, 4) is 0 Å². The average Bonchev–Trinajstić information content (AvgIpc) is 3.28. The molecule has 0 aliphatic heterocycles. The van der Waals surface area contributed by atoms with Crippen molar-refractivity contribution < 1.29 is 4.79 Å². The Morgan fingerprint density at radius 1 is 1.00 bits per heavy atom. The van der Waals surface area contributed by atoms with Crippen LogP contribution in [0.25, 0.3) is 0 Å². The second kappa shape index (κ2) is 10.0. The van der Waals surface area contributed by atoms with E-state index in [1.165, 1.54) is 16.8 Å². The lowest BCUT2D eigenvalue weighted by Gasteiger charge is -2.24. The number of nitrogens with one attached hydrogen (secondary N) is 1. The third kappa shape index (κ3) is 5.17. The van der Waals surface area contributed by atoms with Gasteiger partial charge in [-0.25, -0.2) is 0 Å². The highest BCUT2D eigenvalue weighted by atomic mass is 32.2. The minimum Gasteiger partial charge on any atom is -0.345 e. The standard InChI is InChI=1S/C27H26N4OS/c32-27(22-11-13-23(14-12-22)33-19-21-8-5-15-28-16-21)30-25-9-4-10-26-24(25)17-29-31(26)18-20-6-2-1-3-7-20/h1-3,5-8,11-17,25H,4,9-10,18-19H2,(H,30,32). The molecule has 1 aliphatic carbocycles. The van der Waals surface area contributed by atoms with E-state index in [9.17, 15) is 4.79 Å². The van der Waals surface area contributed by atoms with Crippen LogP contribution in [-0.4, -0.2) is 20.7 Å². The number of carbonyl (C=O) groups is 1. The smallest absolute Gasteiger partial charge is 0.251 e. The highest BCUT2D eigenvalue weighted by molar-refractivity contribution is 7.98. The summed E-state index contributed by atoms with van der Waals surface area (Å²) in [6.45, 7) is 0.759. The first-order chi connectivity index (χ1) is 16.3. The molecule has 1 atom stereocenters. The fraction of sp³-hybridized carbons (Fsp3) is 0.222. The molecular formula is C27H26N4OS. The first-order valence-corrected chi connectivity index (χ1v) is 12.3. The van der Waals surface area contributed by atoms with E-state index in [0.29, 0.717) is 5.56 Å². The second-order valence-electron chi connectivity index (χ2n) is 8.28. The molecule has 1 aliphatic rings. The van der Waals surface area contributed by atoms with Crippen molar-refractivity contribution in [2.75, 3.05) is 0 Å². The number of hydrogen-bond acceptors (Lipinski definition) is 4. The molecule has 6 heteroatoms. The quantitative estimate of drug-likeness (QED) is 0.379. The fourth-order valence-electron chi connectivity index (χ4n) is 4.26. The van der Waals surface area contributed by atoms with Crippen molar-refractivity contribution in [3.63, 3.8) is 0 Å². The molecule has 2 aromatic carbocycles. The van der Waals surface area contributed by atoms with Crippen molar-refractivity contribution in [2.24, 2.45) is 0 Å². The van der Waals surface area contributed by atoms with Crippen molar-refractivity contribution in [1.29, 1.82) is 0 Å². The van der Waals surface area contributed by atoms with Gasteiger partial charge in [0, 0.05) is 39.9 Å². The molecule has 1 unspecified atom stereocenters. The number of hydrogen-bond donors (Lipinski definition) is 1. The Kier molecular flexibility index (Phi) is 6.53. The highest BCUT2D eigenvalue weighted by Gasteiger charge is 2.26. The lowest BCUT2D eigenvalue weighted by atomic mass is 9.92. The predicted molar refractivity (Wildman–Crippen MR) is 131 cm³/mol. The molecular weight excluding hydrogens is 428 g/mol. The van der Waals surface area contributed by atoms with Crippen molar-refractivity contribution in [1.82, 2.24) is 20.1 Å². The maximum Gasteiger partial charge on any atom is 0.251 e. The molecule has 0 saturated heterocycles. The van der Waals surface area contributed by atoms with Crippen molar-refractivity contribution >= 4 is 17.7 Å². The number of amides is 1. The van der Waals surface area contributed by atoms with Crippen molar-refractivity contribution in [3.05, 3.63) is 113 Å². The van der Waals surface area contributed by atoms with E-state index in [2.05, 4.69) is 50.4 Å². The van der Waals surface area contributed by atoms with Crippen LogP contribution in [0, 0.1) is 0 Å². The molecule has 1 N–H and O–H groups in total. The number of thioether (sulfide) groups is 1. The van der Waals surface area contributed by atoms with Gasteiger partial charge >= 0.3 is 0 Å². The molecule has 0 spiro atoms. The zero-order valence-corrected chi connectivity index (χ0v) is 19.2. The van der Waals surface area contributed by atoms with Crippen LogP contribution >= 0.6 is 11.8 Å². The Hall–Kier alpha value is -3.38. The maximum absolute atomic E-state index is 13.0. The van der Waals surface area contributed by atoms with E-state index in [0.717, 1.165) is 42.0 Å². The molecule has 0 saturated carbocycles. The minimum atomic E-state index is -0.0348. The first-order valence-electron chi connectivity index (χ1n) is 11.3. The summed E-state index contributed by atoms with van der Waals surface area (Å²) < 4.78 is 2.08. The number of rotatable bonds is 7.